The number of ether oxygens (including phenoxy) is 3. The number of benzene rings is 5. The smallest absolute Gasteiger partial charge is 0.194 e. The van der Waals surface area contributed by atoms with E-state index in [0.29, 0.717) is 61.2 Å². The molecule has 0 amide bonds. The number of halogens is 1. The van der Waals surface area contributed by atoms with Gasteiger partial charge in [-0.1, -0.05) is 47.6 Å². The van der Waals surface area contributed by atoms with Gasteiger partial charge < -0.3 is 30.0 Å². The highest BCUT2D eigenvalue weighted by Gasteiger charge is 2.39. The van der Waals surface area contributed by atoms with Gasteiger partial charge in [0, 0.05) is 56.7 Å². The van der Waals surface area contributed by atoms with Gasteiger partial charge in [-0.3, -0.25) is 14.4 Å². The summed E-state index contributed by atoms with van der Waals surface area (Å²) in [5.41, 5.74) is 2.70. The van der Waals surface area contributed by atoms with Crippen molar-refractivity contribution in [1.82, 2.24) is 0 Å². The highest BCUT2D eigenvalue weighted by Crippen LogP contribution is 2.58. The number of carbonyl (C=O) groups excluding carboxylic acids is 1. The summed E-state index contributed by atoms with van der Waals surface area (Å²) in [6.45, 7) is 6.11. The van der Waals surface area contributed by atoms with Crippen LogP contribution in [0.25, 0.3) is 49.2 Å². The fourth-order valence-corrected chi connectivity index (χ4v) is 8.64. The molecular weight excluding hydrogens is 675 g/mol. The Balaban J connectivity index is 1.92. The number of allylic oxidation sites excluding steroid dienone is 1. The number of Topliss-reactive ketones (excluding diaryl/α,β-unsaturated/α-hetero) is 1. The van der Waals surface area contributed by atoms with Crippen molar-refractivity contribution < 1.29 is 24.1 Å². The van der Waals surface area contributed by atoms with Gasteiger partial charge in [0.05, 0.1) is 49.4 Å². The van der Waals surface area contributed by atoms with Gasteiger partial charge in [-0.25, -0.2) is 0 Å². The predicted octanol–water partition coefficient (Wildman–Crippen LogP) is 6.49. The minimum Gasteiger partial charge on any atom is -0.504 e. The van der Waals surface area contributed by atoms with Crippen molar-refractivity contribution >= 4 is 88.9 Å². The third kappa shape index (κ3) is 3.54. The van der Waals surface area contributed by atoms with E-state index in [0.717, 1.165) is 29.7 Å². The molecule has 2 unspecified atom stereocenters. The molecule has 3 N–H and O–H groups in total. The van der Waals surface area contributed by atoms with Crippen LogP contribution in [-0.4, -0.2) is 42.3 Å². The molecule has 0 aromatic heterocycles. The molecule has 226 valence electrons. The first-order chi connectivity index (χ1) is 21.0. The SMILES string of the molecule is CCCC1(I)CNc2c(c3c(=O)cc(OC)c4c5c(OC)cc(=O)c6c(O)c(OC)c7c(c(c2C=C(C)C7C(C)=O)c34)c65)N1. The molecule has 0 bridgehead atoms. The summed E-state index contributed by atoms with van der Waals surface area (Å²) in [6, 6.07) is 2.81. The Morgan fingerprint density at radius 3 is 2.11 bits per heavy atom. The van der Waals surface area contributed by atoms with Crippen LogP contribution < -0.4 is 35.7 Å². The Morgan fingerprint density at radius 2 is 1.55 bits per heavy atom. The summed E-state index contributed by atoms with van der Waals surface area (Å²) in [5.74, 6) is -0.646. The quantitative estimate of drug-likeness (QED) is 0.0599. The largest absolute Gasteiger partial charge is 0.504 e. The highest BCUT2D eigenvalue weighted by molar-refractivity contribution is 14.1. The minimum atomic E-state index is -0.790. The maximum Gasteiger partial charge on any atom is 0.194 e. The number of hydrogen-bond donors (Lipinski definition) is 3. The number of methoxy groups -OCH3 is 3. The van der Waals surface area contributed by atoms with E-state index in [4.69, 9.17) is 14.2 Å². The summed E-state index contributed by atoms with van der Waals surface area (Å²) >= 11 is 2.42. The number of hydrogen-bond acceptors (Lipinski definition) is 9. The second-order valence-corrected chi connectivity index (χ2v) is 13.8. The lowest BCUT2D eigenvalue weighted by Gasteiger charge is -2.38. The normalized spacial score (nSPS) is 19.2. The average molecular weight is 707 g/mol. The van der Waals surface area contributed by atoms with Crippen molar-refractivity contribution in [3.63, 3.8) is 0 Å². The lowest BCUT2D eigenvalue weighted by atomic mass is 9.80. The molecule has 5 aromatic rings. The van der Waals surface area contributed by atoms with E-state index >= 15 is 0 Å². The van der Waals surface area contributed by atoms with Crippen LogP contribution in [0.1, 0.15) is 50.7 Å². The van der Waals surface area contributed by atoms with E-state index < -0.39 is 11.3 Å². The van der Waals surface area contributed by atoms with Gasteiger partial charge in [0.1, 0.15) is 20.8 Å². The molecule has 0 spiro atoms. The van der Waals surface area contributed by atoms with Crippen LogP contribution in [-0.2, 0) is 4.79 Å². The third-order valence-corrected chi connectivity index (χ3v) is 10.4. The first-order valence-corrected chi connectivity index (χ1v) is 15.6. The summed E-state index contributed by atoms with van der Waals surface area (Å²) in [5, 5.41) is 23.0. The first kappa shape index (κ1) is 28.7. The monoisotopic (exact) mass is 706 g/mol. The van der Waals surface area contributed by atoms with E-state index in [-0.39, 0.29) is 37.4 Å². The molecule has 1 aliphatic heterocycles. The molecule has 44 heavy (non-hydrogen) atoms. The van der Waals surface area contributed by atoms with Crippen molar-refractivity contribution in [3.8, 4) is 23.0 Å². The fourth-order valence-electron chi connectivity index (χ4n) is 7.64. The average Bonchev–Trinajstić information content (AvgIpc) is 3.11. The molecule has 0 saturated heterocycles. The molecule has 0 fully saturated rings. The molecular formula is C34H31IN2O7. The Labute approximate surface area is 266 Å². The number of alkyl halides is 1. The standard InChI is InChI=1S/C34H31IN2O7/c1-7-8-34(35)12-36-30-15-9-13(2)20(14(3)38)29-27-21(15)26-22(31(30)37-34)16(39)10-18(42-4)24(26)25-19(43-5)11-17(40)23(28(25)27)32(41)33(29)44-6/h9-11,20,36-37,41H,7-8,12H2,1-6H3. The lowest BCUT2D eigenvalue weighted by molar-refractivity contribution is -0.117. The van der Waals surface area contributed by atoms with Gasteiger partial charge in [0.15, 0.2) is 22.4 Å². The Morgan fingerprint density at radius 1 is 0.932 bits per heavy atom. The Hall–Kier alpha value is -4.06. The second-order valence-electron chi connectivity index (χ2n) is 11.7. The van der Waals surface area contributed by atoms with Gasteiger partial charge in [-0.15, -0.1) is 0 Å². The van der Waals surface area contributed by atoms with Crippen molar-refractivity contribution in [2.75, 3.05) is 38.5 Å². The van der Waals surface area contributed by atoms with Crippen LogP contribution >= 0.6 is 22.6 Å². The zero-order chi connectivity index (χ0) is 31.4. The van der Waals surface area contributed by atoms with Crippen molar-refractivity contribution in [2.45, 2.75) is 43.1 Å². The number of aromatic hydroxyl groups is 1. The number of carbonyl (C=O) groups is 1. The lowest BCUT2D eigenvalue weighted by Crippen LogP contribution is -2.42. The molecule has 2 atom stereocenters. The summed E-state index contributed by atoms with van der Waals surface area (Å²) in [7, 11) is 4.39. The topological polar surface area (TPSA) is 123 Å². The predicted molar refractivity (Wildman–Crippen MR) is 184 cm³/mol. The number of phenols is 1. The number of ketones is 1. The van der Waals surface area contributed by atoms with E-state index in [9.17, 15) is 19.5 Å². The summed E-state index contributed by atoms with van der Waals surface area (Å²) in [6.07, 6.45) is 3.78. The van der Waals surface area contributed by atoms with Crippen LogP contribution in [0.2, 0.25) is 0 Å². The van der Waals surface area contributed by atoms with Crippen LogP contribution in [0.4, 0.5) is 11.4 Å². The van der Waals surface area contributed by atoms with Crippen LogP contribution in [0.5, 0.6) is 23.0 Å². The minimum absolute atomic E-state index is 0.0503. The highest BCUT2D eigenvalue weighted by atomic mass is 127. The Kier molecular flexibility index (Phi) is 6.34. The number of nitrogens with one attached hydrogen (secondary N) is 2. The summed E-state index contributed by atoms with van der Waals surface area (Å²) in [4.78, 5) is 41.4. The molecule has 10 heteroatoms. The molecule has 2 aliphatic rings. The van der Waals surface area contributed by atoms with Crippen molar-refractivity contribution in [3.05, 3.63) is 49.3 Å². The summed E-state index contributed by atoms with van der Waals surface area (Å²) < 4.78 is 17.1. The second kappa shape index (κ2) is 9.72. The van der Waals surface area contributed by atoms with Crippen LogP contribution in [0, 0.1) is 0 Å². The maximum atomic E-state index is 14.2. The van der Waals surface area contributed by atoms with Gasteiger partial charge in [-0.2, -0.15) is 0 Å². The van der Waals surface area contributed by atoms with E-state index in [1.54, 1.807) is 0 Å². The van der Waals surface area contributed by atoms with Gasteiger partial charge in [-0.05, 0) is 25.7 Å². The maximum absolute atomic E-state index is 14.2. The molecule has 1 heterocycles. The number of fused-ring (bicyclic) bond motifs is 4. The molecule has 0 radical (unpaired) electrons. The zero-order valence-electron chi connectivity index (χ0n) is 25.2. The van der Waals surface area contributed by atoms with E-state index in [1.807, 2.05) is 13.0 Å². The van der Waals surface area contributed by atoms with Crippen LogP contribution in [0.15, 0.2) is 27.3 Å². The van der Waals surface area contributed by atoms with Crippen LogP contribution in [0.3, 0.4) is 0 Å². The fraction of sp³-hybridized carbons (Fsp3) is 0.324. The number of anilines is 2. The molecule has 9 nitrogen and oxygen atoms in total. The first-order valence-electron chi connectivity index (χ1n) is 14.5. The van der Waals surface area contributed by atoms with E-state index in [1.165, 1.54) is 40.4 Å². The molecule has 7 rings (SSSR count). The zero-order valence-corrected chi connectivity index (χ0v) is 27.4. The number of rotatable bonds is 6. The Bertz CT molecular complexity index is 2250. The number of phenolic OH excluding ortho intramolecular Hbond substituents is 1. The third-order valence-electron chi connectivity index (χ3n) is 9.22. The molecule has 5 aromatic carbocycles. The molecule has 0 saturated carbocycles. The van der Waals surface area contributed by atoms with Gasteiger partial charge in [0.2, 0.25) is 0 Å². The molecule has 1 aliphatic carbocycles. The van der Waals surface area contributed by atoms with Gasteiger partial charge >= 0.3 is 0 Å². The van der Waals surface area contributed by atoms with Crippen molar-refractivity contribution in [1.29, 1.82) is 0 Å². The van der Waals surface area contributed by atoms with E-state index in [2.05, 4.69) is 40.1 Å². The van der Waals surface area contributed by atoms with Crippen molar-refractivity contribution in [2.24, 2.45) is 0 Å². The van der Waals surface area contributed by atoms with Gasteiger partial charge in [0.25, 0.3) is 0 Å².